The molecule has 2 aromatic rings. The number of carbonyl (C=O) groups excluding carboxylic acids is 1. The first-order valence-electron chi connectivity index (χ1n) is 10.4. The molecule has 0 spiro atoms. The summed E-state index contributed by atoms with van der Waals surface area (Å²) in [5.41, 5.74) is 1.27. The van der Waals surface area contributed by atoms with Crippen LogP contribution in [0.1, 0.15) is 5.56 Å². The minimum absolute atomic E-state index is 0.0670. The molecule has 0 atom stereocenters. The van der Waals surface area contributed by atoms with Crippen LogP contribution in [-0.4, -0.2) is 75.6 Å². The lowest BCUT2D eigenvalue weighted by Gasteiger charge is -2.38. The van der Waals surface area contributed by atoms with E-state index in [-0.39, 0.29) is 18.1 Å². The number of guanidine groups is 1. The van der Waals surface area contributed by atoms with Gasteiger partial charge in [0.25, 0.3) is 0 Å². The Hall–Kier alpha value is -3.36. The van der Waals surface area contributed by atoms with Crippen molar-refractivity contribution in [3.63, 3.8) is 0 Å². The fourth-order valence-electron chi connectivity index (χ4n) is 3.36. The molecule has 0 saturated carbocycles. The smallest absolute Gasteiger partial charge is 0.241 e. The standard InChI is InChI=1S/C23H29F2N5O2/c1-28(2)22(31)16-27-23(26-15-17-4-7-19(32-3)8-5-17)30-12-10-29(11-13-30)21-14-18(24)6-9-20(21)25/h4-9,14H,10-13,15-16H2,1-3H3,(H,26,27). The minimum Gasteiger partial charge on any atom is -0.497 e. The van der Waals surface area contributed by atoms with Gasteiger partial charge in [0.05, 0.1) is 25.9 Å². The molecule has 172 valence electrons. The Morgan fingerprint density at radius 1 is 1.09 bits per heavy atom. The molecule has 1 aliphatic heterocycles. The zero-order valence-corrected chi connectivity index (χ0v) is 18.6. The molecular weight excluding hydrogens is 416 g/mol. The fraction of sp³-hybridized carbons (Fsp3) is 0.391. The topological polar surface area (TPSA) is 60.4 Å². The third kappa shape index (κ3) is 6.09. The lowest BCUT2D eigenvalue weighted by atomic mass is 10.2. The summed E-state index contributed by atoms with van der Waals surface area (Å²) in [5.74, 6) is 0.406. The normalized spacial score (nSPS) is 14.3. The molecule has 1 amide bonds. The molecule has 2 aromatic carbocycles. The van der Waals surface area contributed by atoms with E-state index in [1.165, 1.54) is 11.0 Å². The molecule has 0 unspecified atom stereocenters. The molecule has 3 rings (SSSR count). The molecule has 32 heavy (non-hydrogen) atoms. The maximum Gasteiger partial charge on any atom is 0.241 e. The van der Waals surface area contributed by atoms with Crippen LogP contribution in [0, 0.1) is 11.6 Å². The van der Waals surface area contributed by atoms with E-state index in [0.29, 0.717) is 38.7 Å². The van der Waals surface area contributed by atoms with Gasteiger partial charge in [0, 0.05) is 46.3 Å². The number of methoxy groups -OCH3 is 1. The maximum absolute atomic E-state index is 14.1. The number of anilines is 1. The number of amides is 1. The number of carbonyl (C=O) groups is 1. The van der Waals surface area contributed by atoms with Gasteiger partial charge in [-0.05, 0) is 29.8 Å². The van der Waals surface area contributed by atoms with Crippen LogP contribution in [0.2, 0.25) is 0 Å². The van der Waals surface area contributed by atoms with Crippen LogP contribution in [0.3, 0.4) is 0 Å². The molecule has 1 N–H and O–H groups in total. The zero-order valence-electron chi connectivity index (χ0n) is 18.6. The third-order valence-corrected chi connectivity index (χ3v) is 5.30. The van der Waals surface area contributed by atoms with Crippen LogP contribution >= 0.6 is 0 Å². The Bertz CT molecular complexity index is 942. The molecule has 0 aliphatic carbocycles. The summed E-state index contributed by atoms with van der Waals surface area (Å²) < 4.78 is 32.9. The second-order valence-electron chi connectivity index (χ2n) is 7.70. The van der Waals surface area contributed by atoms with Gasteiger partial charge in [-0.25, -0.2) is 13.8 Å². The molecule has 7 nitrogen and oxygen atoms in total. The Morgan fingerprint density at radius 2 is 1.78 bits per heavy atom. The van der Waals surface area contributed by atoms with Crippen LogP contribution in [0.15, 0.2) is 47.5 Å². The number of hydrogen-bond acceptors (Lipinski definition) is 4. The van der Waals surface area contributed by atoms with Gasteiger partial charge >= 0.3 is 0 Å². The summed E-state index contributed by atoms with van der Waals surface area (Å²) in [6.45, 7) is 2.67. The number of halogens is 2. The van der Waals surface area contributed by atoms with Crippen molar-refractivity contribution in [1.82, 2.24) is 15.1 Å². The number of rotatable bonds is 6. The number of nitrogens with zero attached hydrogens (tertiary/aromatic N) is 4. The highest BCUT2D eigenvalue weighted by Gasteiger charge is 2.22. The molecule has 1 saturated heterocycles. The van der Waals surface area contributed by atoms with E-state index in [0.717, 1.165) is 23.4 Å². The van der Waals surface area contributed by atoms with Gasteiger partial charge < -0.3 is 24.8 Å². The third-order valence-electron chi connectivity index (χ3n) is 5.30. The number of nitrogens with one attached hydrogen (secondary N) is 1. The first-order chi connectivity index (χ1) is 15.4. The van der Waals surface area contributed by atoms with E-state index >= 15 is 0 Å². The molecule has 9 heteroatoms. The number of ether oxygens (including phenoxy) is 1. The Labute approximate surface area is 187 Å². The average molecular weight is 446 g/mol. The summed E-state index contributed by atoms with van der Waals surface area (Å²) in [4.78, 5) is 22.1. The van der Waals surface area contributed by atoms with E-state index in [1.807, 2.05) is 34.1 Å². The van der Waals surface area contributed by atoms with Gasteiger partial charge in [-0.3, -0.25) is 4.79 Å². The highest BCUT2D eigenvalue weighted by Crippen LogP contribution is 2.22. The predicted octanol–water partition coefficient (Wildman–Crippen LogP) is 2.33. The molecule has 0 bridgehead atoms. The van der Waals surface area contributed by atoms with Crippen molar-refractivity contribution in [1.29, 1.82) is 0 Å². The van der Waals surface area contributed by atoms with Crippen molar-refractivity contribution >= 4 is 17.6 Å². The summed E-state index contributed by atoms with van der Waals surface area (Å²) in [5, 5.41) is 3.15. The summed E-state index contributed by atoms with van der Waals surface area (Å²) in [6.07, 6.45) is 0. The van der Waals surface area contributed by atoms with E-state index < -0.39 is 11.6 Å². The van der Waals surface area contributed by atoms with E-state index in [2.05, 4.69) is 5.32 Å². The van der Waals surface area contributed by atoms with Crippen molar-refractivity contribution in [2.45, 2.75) is 6.54 Å². The summed E-state index contributed by atoms with van der Waals surface area (Å²) in [6, 6.07) is 11.1. The predicted molar refractivity (Wildman–Crippen MR) is 121 cm³/mol. The Balaban J connectivity index is 1.69. The highest BCUT2D eigenvalue weighted by molar-refractivity contribution is 5.86. The van der Waals surface area contributed by atoms with Crippen molar-refractivity contribution < 1.29 is 18.3 Å². The molecule has 1 aliphatic rings. The Morgan fingerprint density at radius 3 is 2.41 bits per heavy atom. The quantitative estimate of drug-likeness (QED) is 0.546. The SMILES string of the molecule is COc1ccc(CN=C(NCC(=O)N(C)C)N2CCN(c3cc(F)ccc3F)CC2)cc1. The van der Waals surface area contributed by atoms with Crippen LogP contribution in [-0.2, 0) is 11.3 Å². The number of likely N-dealkylation sites (N-methyl/N-ethyl adjacent to an activating group) is 1. The molecule has 0 radical (unpaired) electrons. The number of piperazine rings is 1. The van der Waals surface area contributed by atoms with Crippen molar-refractivity contribution in [2.75, 3.05) is 58.8 Å². The van der Waals surface area contributed by atoms with Gasteiger partial charge in [0.1, 0.15) is 17.4 Å². The van der Waals surface area contributed by atoms with Crippen LogP contribution < -0.4 is 15.0 Å². The fourth-order valence-corrected chi connectivity index (χ4v) is 3.36. The number of aliphatic imine (C=N–C) groups is 1. The first kappa shape index (κ1) is 23.3. The van der Waals surface area contributed by atoms with E-state index in [4.69, 9.17) is 9.73 Å². The second-order valence-corrected chi connectivity index (χ2v) is 7.70. The lowest BCUT2D eigenvalue weighted by Crippen LogP contribution is -2.54. The molecule has 0 aromatic heterocycles. The summed E-state index contributed by atoms with van der Waals surface area (Å²) >= 11 is 0. The molecule has 1 heterocycles. The van der Waals surface area contributed by atoms with Gasteiger partial charge in [-0.2, -0.15) is 0 Å². The second kappa shape index (κ2) is 10.8. The van der Waals surface area contributed by atoms with E-state index in [9.17, 15) is 13.6 Å². The summed E-state index contributed by atoms with van der Waals surface area (Å²) in [7, 11) is 5.02. The molecule has 1 fully saturated rings. The Kier molecular flexibility index (Phi) is 7.86. The highest BCUT2D eigenvalue weighted by atomic mass is 19.1. The largest absolute Gasteiger partial charge is 0.497 e. The lowest BCUT2D eigenvalue weighted by molar-refractivity contribution is -0.127. The van der Waals surface area contributed by atoms with Gasteiger partial charge in [0.2, 0.25) is 5.91 Å². The van der Waals surface area contributed by atoms with Crippen molar-refractivity contribution in [3.8, 4) is 5.75 Å². The van der Waals surface area contributed by atoms with Gasteiger partial charge in [0.15, 0.2) is 5.96 Å². The van der Waals surface area contributed by atoms with Crippen LogP contribution in [0.4, 0.5) is 14.5 Å². The molecular formula is C23H29F2N5O2. The van der Waals surface area contributed by atoms with Crippen LogP contribution in [0.25, 0.3) is 0 Å². The first-order valence-corrected chi connectivity index (χ1v) is 10.4. The van der Waals surface area contributed by atoms with Gasteiger partial charge in [-0.1, -0.05) is 12.1 Å². The minimum atomic E-state index is -0.463. The van der Waals surface area contributed by atoms with E-state index in [1.54, 1.807) is 21.2 Å². The maximum atomic E-state index is 14.1. The monoisotopic (exact) mass is 445 g/mol. The van der Waals surface area contributed by atoms with Crippen molar-refractivity contribution in [3.05, 3.63) is 59.7 Å². The number of hydrogen-bond donors (Lipinski definition) is 1. The van der Waals surface area contributed by atoms with Gasteiger partial charge in [-0.15, -0.1) is 0 Å². The zero-order chi connectivity index (χ0) is 23.1. The van der Waals surface area contributed by atoms with Crippen molar-refractivity contribution in [2.24, 2.45) is 4.99 Å². The number of benzene rings is 2. The van der Waals surface area contributed by atoms with Crippen LogP contribution in [0.5, 0.6) is 5.75 Å². The average Bonchev–Trinajstić information content (AvgIpc) is 2.81.